The van der Waals surface area contributed by atoms with Gasteiger partial charge in [0.2, 0.25) is 5.82 Å². The highest BCUT2D eigenvalue weighted by Crippen LogP contribution is 2.26. The van der Waals surface area contributed by atoms with Crippen LogP contribution in [0.3, 0.4) is 0 Å². The van der Waals surface area contributed by atoms with Gasteiger partial charge in [-0.25, -0.2) is 4.98 Å². The summed E-state index contributed by atoms with van der Waals surface area (Å²) < 4.78 is 7.20. The molecule has 1 aliphatic heterocycles. The quantitative estimate of drug-likeness (QED) is 0.711. The van der Waals surface area contributed by atoms with Crippen LogP contribution < -0.4 is 4.90 Å². The molecule has 0 aliphatic carbocycles. The topological polar surface area (TPSA) is 79.9 Å². The summed E-state index contributed by atoms with van der Waals surface area (Å²) in [6.45, 7) is 2.67. The number of fused-ring (bicyclic) bond motifs is 1. The number of nitrogens with zero attached hydrogens (tertiary/aromatic N) is 6. The molecule has 0 unspecified atom stereocenters. The zero-order valence-electron chi connectivity index (χ0n) is 12.7. The zero-order valence-corrected chi connectivity index (χ0v) is 13.4. The van der Waals surface area contributed by atoms with E-state index in [1.165, 1.54) is 0 Å². The van der Waals surface area contributed by atoms with Crippen molar-refractivity contribution in [3.05, 3.63) is 41.4 Å². The van der Waals surface area contributed by atoms with Crippen LogP contribution in [0, 0.1) is 11.3 Å². The van der Waals surface area contributed by atoms with Gasteiger partial charge in [0.05, 0.1) is 18.9 Å². The molecule has 0 saturated carbocycles. The summed E-state index contributed by atoms with van der Waals surface area (Å²) in [5.41, 5.74) is 2.08. The first-order chi connectivity index (χ1) is 11.8. The molecule has 0 spiro atoms. The van der Waals surface area contributed by atoms with Gasteiger partial charge >= 0.3 is 0 Å². The standard InChI is InChI=1S/C16H13ClN6O/c17-11-2-1-3-12(8-11)23-10-19-14-15(22-4-6-24-7-5-22)20-13(9-18)21-16(14)23/h1-3,8,10H,4-7H2. The Kier molecular flexibility index (Phi) is 3.76. The summed E-state index contributed by atoms with van der Waals surface area (Å²) in [7, 11) is 0. The van der Waals surface area contributed by atoms with Crippen LogP contribution in [0.1, 0.15) is 5.82 Å². The molecule has 0 bridgehead atoms. The molecule has 1 aromatic carbocycles. The Morgan fingerprint density at radius 1 is 1.21 bits per heavy atom. The molecule has 3 heterocycles. The second kappa shape index (κ2) is 6.07. The molecule has 1 aliphatic rings. The number of imidazole rings is 1. The molecule has 0 amide bonds. The molecular weight excluding hydrogens is 328 g/mol. The van der Waals surface area contributed by atoms with Gasteiger partial charge in [-0.15, -0.1) is 0 Å². The number of anilines is 1. The number of benzene rings is 1. The van der Waals surface area contributed by atoms with Gasteiger partial charge in [0, 0.05) is 18.1 Å². The molecule has 1 fully saturated rings. The summed E-state index contributed by atoms with van der Waals surface area (Å²) in [5, 5.41) is 9.92. The van der Waals surface area contributed by atoms with Gasteiger partial charge in [-0.05, 0) is 18.2 Å². The molecule has 120 valence electrons. The molecule has 24 heavy (non-hydrogen) atoms. The Labute approximate surface area is 143 Å². The molecule has 0 N–H and O–H groups in total. The van der Waals surface area contributed by atoms with E-state index in [0.29, 0.717) is 48.3 Å². The van der Waals surface area contributed by atoms with Gasteiger partial charge in [0.1, 0.15) is 12.4 Å². The third-order valence-electron chi connectivity index (χ3n) is 3.87. The fraction of sp³-hybridized carbons (Fsp3) is 0.250. The molecule has 3 aromatic rings. The lowest BCUT2D eigenvalue weighted by atomic mass is 10.3. The van der Waals surface area contributed by atoms with Crippen LogP contribution in [0.25, 0.3) is 16.9 Å². The number of morpholine rings is 1. The van der Waals surface area contributed by atoms with Crippen molar-refractivity contribution in [3.8, 4) is 11.8 Å². The van der Waals surface area contributed by atoms with Crippen molar-refractivity contribution in [2.24, 2.45) is 0 Å². The lowest BCUT2D eigenvalue weighted by Gasteiger charge is -2.27. The molecule has 4 rings (SSSR count). The van der Waals surface area contributed by atoms with Crippen molar-refractivity contribution in [3.63, 3.8) is 0 Å². The Morgan fingerprint density at radius 3 is 2.79 bits per heavy atom. The summed E-state index contributed by atoms with van der Waals surface area (Å²) in [4.78, 5) is 15.3. The van der Waals surface area contributed by atoms with Gasteiger partial charge < -0.3 is 9.64 Å². The number of hydrogen-bond donors (Lipinski definition) is 0. The third kappa shape index (κ3) is 2.56. The maximum atomic E-state index is 9.29. The Balaban J connectivity index is 1.91. The number of rotatable bonds is 2. The first-order valence-corrected chi connectivity index (χ1v) is 7.88. The minimum Gasteiger partial charge on any atom is -0.378 e. The van der Waals surface area contributed by atoms with E-state index >= 15 is 0 Å². The minimum atomic E-state index is 0.118. The molecule has 0 radical (unpaired) electrons. The molecule has 8 heteroatoms. The molecule has 0 atom stereocenters. The first kappa shape index (κ1) is 14.9. The van der Waals surface area contributed by atoms with Crippen LogP contribution in [-0.2, 0) is 4.74 Å². The van der Waals surface area contributed by atoms with E-state index in [2.05, 4.69) is 19.9 Å². The van der Waals surface area contributed by atoms with Crippen molar-refractivity contribution in [1.29, 1.82) is 5.26 Å². The van der Waals surface area contributed by atoms with E-state index < -0.39 is 0 Å². The van der Waals surface area contributed by atoms with E-state index in [-0.39, 0.29) is 5.82 Å². The van der Waals surface area contributed by atoms with Gasteiger partial charge in [-0.3, -0.25) is 4.57 Å². The van der Waals surface area contributed by atoms with Crippen molar-refractivity contribution in [1.82, 2.24) is 19.5 Å². The number of hydrogen-bond acceptors (Lipinski definition) is 6. The predicted octanol–water partition coefficient (Wildman–Crippen LogP) is 2.18. The van der Waals surface area contributed by atoms with Crippen molar-refractivity contribution < 1.29 is 4.74 Å². The average molecular weight is 341 g/mol. The average Bonchev–Trinajstić information content (AvgIpc) is 3.05. The molecule has 2 aromatic heterocycles. The van der Waals surface area contributed by atoms with Crippen molar-refractivity contribution >= 4 is 28.6 Å². The van der Waals surface area contributed by atoms with Crippen LogP contribution in [0.15, 0.2) is 30.6 Å². The minimum absolute atomic E-state index is 0.118. The van der Waals surface area contributed by atoms with E-state index in [0.717, 1.165) is 5.69 Å². The summed E-state index contributed by atoms with van der Waals surface area (Å²) >= 11 is 6.08. The van der Waals surface area contributed by atoms with Crippen LogP contribution in [-0.4, -0.2) is 45.8 Å². The van der Waals surface area contributed by atoms with Crippen LogP contribution >= 0.6 is 11.6 Å². The number of halogens is 1. The highest BCUT2D eigenvalue weighted by atomic mass is 35.5. The molecule has 7 nitrogen and oxygen atoms in total. The highest BCUT2D eigenvalue weighted by molar-refractivity contribution is 6.30. The van der Waals surface area contributed by atoms with Crippen LogP contribution in [0.2, 0.25) is 5.02 Å². The normalized spacial score (nSPS) is 14.8. The fourth-order valence-corrected chi connectivity index (χ4v) is 2.93. The molecular formula is C16H13ClN6O. The largest absolute Gasteiger partial charge is 0.378 e. The van der Waals surface area contributed by atoms with E-state index in [1.54, 1.807) is 12.4 Å². The smallest absolute Gasteiger partial charge is 0.236 e. The number of ether oxygens (including phenoxy) is 1. The van der Waals surface area contributed by atoms with E-state index in [1.807, 2.05) is 28.8 Å². The van der Waals surface area contributed by atoms with E-state index in [9.17, 15) is 5.26 Å². The van der Waals surface area contributed by atoms with Crippen molar-refractivity contribution in [2.75, 3.05) is 31.2 Å². The lowest BCUT2D eigenvalue weighted by Crippen LogP contribution is -2.37. The summed E-state index contributed by atoms with van der Waals surface area (Å²) in [5.74, 6) is 0.786. The fourth-order valence-electron chi connectivity index (χ4n) is 2.75. The van der Waals surface area contributed by atoms with Crippen molar-refractivity contribution in [2.45, 2.75) is 0 Å². The first-order valence-electron chi connectivity index (χ1n) is 7.50. The Hall–Kier alpha value is -2.69. The Bertz CT molecular complexity index is 941. The highest BCUT2D eigenvalue weighted by Gasteiger charge is 2.20. The summed E-state index contributed by atoms with van der Waals surface area (Å²) in [6.07, 6.45) is 1.68. The van der Waals surface area contributed by atoms with Gasteiger partial charge in [-0.1, -0.05) is 17.7 Å². The third-order valence-corrected chi connectivity index (χ3v) is 4.11. The van der Waals surface area contributed by atoms with Crippen LogP contribution in [0.4, 0.5) is 5.82 Å². The second-order valence-electron chi connectivity index (χ2n) is 5.35. The van der Waals surface area contributed by atoms with E-state index in [4.69, 9.17) is 16.3 Å². The SMILES string of the molecule is N#Cc1nc(N2CCOCC2)c2ncn(-c3cccc(Cl)c3)c2n1. The van der Waals surface area contributed by atoms with Gasteiger partial charge in [-0.2, -0.15) is 15.2 Å². The second-order valence-corrected chi connectivity index (χ2v) is 5.79. The molecule has 1 saturated heterocycles. The Morgan fingerprint density at radius 2 is 2.04 bits per heavy atom. The van der Waals surface area contributed by atoms with Crippen LogP contribution in [0.5, 0.6) is 0 Å². The maximum absolute atomic E-state index is 9.29. The van der Waals surface area contributed by atoms with Gasteiger partial charge in [0.15, 0.2) is 17.0 Å². The van der Waals surface area contributed by atoms with Gasteiger partial charge in [0.25, 0.3) is 0 Å². The monoisotopic (exact) mass is 340 g/mol. The number of nitriles is 1. The lowest BCUT2D eigenvalue weighted by molar-refractivity contribution is 0.122. The summed E-state index contributed by atoms with van der Waals surface area (Å²) in [6, 6.07) is 9.43. The number of aromatic nitrogens is 4. The predicted molar refractivity (Wildman–Crippen MR) is 89.4 cm³/mol. The maximum Gasteiger partial charge on any atom is 0.236 e. The zero-order chi connectivity index (χ0) is 16.5.